The van der Waals surface area contributed by atoms with Gasteiger partial charge in [0.15, 0.2) is 0 Å². The number of thiazole rings is 1. The summed E-state index contributed by atoms with van der Waals surface area (Å²) in [7, 11) is 0. The van der Waals surface area contributed by atoms with E-state index < -0.39 is 0 Å². The molecule has 2 heterocycles. The van der Waals surface area contributed by atoms with Gasteiger partial charge in [0, 0.05) is 11.5 Å². The maximum Gasteiger partial charge on any atom is 0.129 e. The Morgan fingerprint density at radius 1 is 1.38 bits per heavy atom. The van der Waals surface area contributed by atoms with Gasteiger partial charge in [-0.2, -0.15) is 0 Å². The molecule has 0 spiro atoms. The Balaban J connectivity index is 1.91. The number of aryl methyl sites for hydroxylation is 1. The van der Waals surface area contributed by atoms with Crippen molar-refractivity contribution >= 4 is 43.0 Å². The molecular weight excluding hydrogens is 300 g/mol. The maximum absolute atomic E-state index is 6.06. The highest BCUT2D eigenvalue weighted by atomic mass is 32.1. The Kier molecular flexibility index (Phi) is 3.90. The molecule has 0 aliphatic heterocycles. The van der Waals surface area contributed by atoms with Gasteiger partial charge < -0.3 is 10.5 Å². The molecule has 0 fully saturated rings. The topological polar surface area (TPSA) is 48.1 Å². The van der Waals surface area contributed by atoms with Crippen LogP contribution in [0, 0.1) is 12.3 Å². The largest absolute Gasteiger partial charge is 0.493 e. The molecule has 0 aliphatic rings. The van der Waals surface area contributed by atoms with Crippen LogP contribution in [0.2, 0.25) is 0 Å². The Labute approximate surface area is 132 Å². The first-order valence-electron chi connectivity index (χ1n) is 7.10. The van der Waals surface area contributed by atoms with Crippen molar-refractivity contribution in [2.75, 3.05) is 13.2 Å². The fourth-order valence-electron chi connectivity index (χ4n) is 2.25. The van der Waals surface area contributed by atoms with Crippen molar-refractivity contribution in [1.82, 2.24) is 4.98 Å². The first-order chi connectivity index (χ1) is 10.00. The van der Waals surface area contributed by atoms with Crippen molar-refractivity contribution < 1.29 is 4.74 Å². The van der Waals surface area contributed by atoms with Gasteiger partial charge in [0.05, 0.1) is 26.5 Å². The van der Waals surface area contributed by atoms with Gasteiger partial charge in [-0.05, 0) is 36.8 Å². The fourth-order valence-corrected chi connectivity index (χ4v) is 4.08. The first kappa shape index (κ1) is 14.8. The fraction of sp³-hybridized carbons (Fsp3) is 0.438. The molecular formula is C16H20N2OS2. The highest BCUT2D eigenvalue weighted by molar-refractivity contribution is 7.21. The van der Waals surface area contributed by atoms with Crippen LogP contribution in [0.3, 0.4) is 0 Å². The molecule has 2 aromatic heterocycles. The van der Waals surface area contributed by atoms with E-state index in [1.807, 2.05) is 0 Å². The number of hydrogen-bond donors (Lipinski definition) is 1. The van der Waals surface area contributed by atoms with Crippen molar-refractivity contribution in [3.63, 3.8) is 0 Å². The second-order valence-corrected chi connectivity index (χ2v) is 8.24. The van der Waals surface area contributed by atoms with Crippen LogP contribution in [0.25, 0.3) is 20.3 Å². The molecule has 0 unspecified atom stereocenters. The minimum atomic E-state index is 0.124. The number of nitrogens with two attached hydrogens (primary N) is 1. The van der Waals surface area contributed by atoms with E-state index in [0.29, 0.717) is 13.2 Å². The molecule has 0 amide bonds. The van der Waals surface area contributed by atoms with Crippen LogP contribution >= 0.6 is 22.7 Å². The number of thiophene rings is 1. The summed E-state index contributed by atoms with van der Waals surface area (Å²) in [4.78, 5) is 4.64. The van der Waals surface area contributed by atoms with Crippen LogP contribution in [0.15, 0.2) is 17.5 Å². The molecule has 5 heteroatoms. The lowest BCUT2D eigenvalue weighted by atomic mass is 9.90. The molecule has 0 saturated carbocycles. The van der Waals surface area contributed by atoms with E-state index in [0.717, 1.165) is 22.7 Å². The van der Waals surface area contributed by atoms with E-state index in [-0.39, 0.29) is 5.41 Å². The summed E-state index contributed by atoms with van der Waals surface area (Å²) in [6, 6.07) is 4.25. The minimum Gasteiger partial charge on any atom is -0.493 e. The average molecular weight is 320 g/mol. The monoisotopic (exact) mass is 320 g/mol. The SMILES string of the molecule is Cc1nc2c(cc(OCCC(C)(C)CN)c3ccsc32)s1. The first-order valence-corrected chi connectivity index (χ1v) is 8.80. The van der Waals surface area contributed by atoms with Crippen LogP contribution in [0.4, 0.5) is 0 Å². The zero-order valence-electron chi connectivity index (χ0n) is 12.6. The lowest BCUT2D eigenvalue weighted by Crippen LogP contribution is -2.25. The Hall–Kier alpha value is -1.17. The van der Waals surface area contributed by atoms with Crippen LogP contribution in [-0.2, 0) is 0 Å². The summed E-state index contributed by atoms with van der Waals surface area (Å²) in [5.41, 5.74) is 7.01. The number of ether oxygens (including phenoxy) is 1. The van der Waals surface area contributed by atoms with Gasteiger partial charge in [-0.3, -0.25) is 0 Å². The smallest absolute Gasteiger partial charge is 0.129 e. The second-order valence-electron chi connectivity index (χ2n) is 6.08. The lowest BCUT2D eigenvalue weighted by molar-refractivity contribution is 0.235. The van der Waals surface area contributed by atoms with Crippen LogP contribution < -0.4 is 10.5 Å². The molecule has 0 aliphatic carbocycles. The maximum atomic E-state index is 6.06. The zero-order valence-corrected chi connectivity index (χ0v) is 14.2. The summed E-state index contributed by atoms with van der Waals surface area (Å²) >= 11 is 3.46. The number of aromatic nitrogens is 1. The summed E-state index contributed by atoms with van der Waals surface area (Å²) < 4.78 is 8.49. The predicted molar refractivity (Wildman–Crippen MR) is 92.7 cm³/mol. The molecule has 0 saturated heterocycles. The van der Waals surface area contributed by atoms with Crippen molar-refractivity contribution in [2.45, 2.75) is 27.2 Å². The van der Waals surface area contributed by atoms with Crippen LogP contribution in [0.5, 0.6) is 5.75 Å². The third kappa shape index (κ3) is 2.91. The number of fused-ring (bicyclic) bond motifs is 3. The highest BCUT2D eigenvalue weighted by Crippen LogP contribution is 2.39. The van der Waals surface area contributed by atoms with Crippen LogP contribution in [0.1, 0.15) is 25.3 Å². The molecule has 3 rings (SSSR count). The Bertz CT molecular complexity index is 773. The van der Waals surface area contributed by atoms with Crippen molar-refractivity contribution in [3.8, 4) is 5.75 Å². The van der Waals surface area contributed by atoms with Gasteiger partial charge in [-0.25, -0.2) is 4.98 Å². The highest BCUT2D eigenvalue weighted by Gasteiger charge is 2.17. The molecule has 1 aromatic carbocycles. The summed E-state index contributed by atoms with van der Waals surface area (Å²) in [5, 5.41) is 4.37. The molecule has 2 N–H and O–H groups in total. The molecule has 0 atom stereocenters. The van der Waals surface area contributed by atoms with Gasteiger partial charge in [0.1, 0.15) is 5.75 Å². The number of nitrogens with zero attached hydrogens (tertiary/aromatic N) is 1. The normalized spacial score (nSPS) is 12.4. The van der Waals surface area contributed by atoms with Gasteiger partial charge in [-0.1, -0.05) is 13.8 Å². The van der Waals surface area contributed by atoms with E-state index in [1.54, 1.807) is 22.7 Å². The molecule has 3 aromatic rings. The standard InChI is InChI=1S/C16H20N2OS2/c1-10-18-14-13(21-10)8-12(11-4-7-20-15(11)14)19-6-5-16(2,3)9-17/h4,7-8H,5-6,9,17H2,1-3H3. The van der Waals surface area contributed by atoms with E-state index in [9.17, 15) is 0 Å². The van der Waals surface area contributed by atoms with Crippen LogP contribution in [-0.4, -0.2) is 18.1 Å². The molecule has 0 radical (unpaired) electrons. The van der Waals surface area contributed by atoms with Gasteiger partial charge in [0.2, 0.25) is 0 Å². The number of rotatable bonds is 5. The van der Waals surface area contributed by atoms with Gasteiger partial charge >= 0.3 is 0 Å². The van der Waals surface area contributed by atoms with Gasteiger partial charge in [-0.15, -0.1) is 22.7 Å². The Morgan fingerprint density at radius 3 is 2.95 bits per heavy atom. The summed E-state index contributed by atoms with van der Waals surface area (Å²) in [5.74, 6) is 0.968. The lowest BCUT2D eigenvalue weighted by Gasteiger charge is -2.22. The quantitative estimate of drug-likeness (QED) is 0.749. The molecule has 112 valence electrons. The number of benzene rings is 1. The second kappa shape index (κ2) is 5.55. The van der Waals surface area contributed by atoms with Crippen molar-refractivity contribution in [3.05, 3.63) is 22.5 Å². The summed E-state index contributed by atoms with van der Waals surface area (Å²) in [6.45, 7) is 7.77. The van der Waals surface area contributed by atoms with E-state index in [4.69, 9.17) is 10.5 Å². The third-order valence-corrected chi connectivity index (χ3v) is 5.60. The Morgan fingerprint density at radius 2 is 2.19 bits per heavy atom. The van der Waals surface area contributed by atoms with Crippen molar-refractivity contribution in [1.29, 1.82) is 0 Å². The summed E-state index contributed by atoms with van der Waals surface area (Å²) in [6.07, 6.45) is 0.953. The average Bonchev–Trinajstić information content (AvgIpc) is 3.03. The zero-order chi connectivity index (χ0) is 15.0. The minimum absolute atomic E-state index is 0.124. The van der Waals surface area contributed by atoms with Gasteiger partial charge in [0.25, 0.3) is 0 Å². The molecule has 3 nitrogen and oxygen atoms in total. The van der Waals surface area contributed by atoms with Crippen molar-refractivity contribution in [2.24, 2.45) is 11.1 Å². The predicted octanol–water partition coefficient (Wildman–Crippen LogP) is 4.57. The van der Waals surface area contributed by atoms with E-state index in [1.165, 1.54) is 14.8 Å². The van der Waals surface area contributed by atoms with E-state index in [2.05, 4.69) is 43.3 Å². The molecule has 21 heavy (non-hydrogen) atoms. The third-order valence-electron chi connectivity index (χ3n) is 3.76. The van der Waals surface area contributed by atoms with E-state index >= 15 is 0 Å². The molecule has 0 bridgehead atoms. The number of hydrogen-bond acceptors (Lipinski definition) is 5.